The van der Waals surface area contributed by atoms with Crippen molar-refractivity contribution in [2.75, 3.05) is 6.54 Å². The van der Waals surface area contributed by atoms with Crippen molar-refractivity contribution in [2.45, 2.75) is 96.6 Å². The second kappa shape index (κ2) is 9.55. The molecule has 6 nitrogen and oxygen atoms in total. The first-order chi connectivity index (χ1) is 14.9. The molecular formula is C26H38N2O4. The summed E-state index contributed by atoms with van der Waals surface area (Å²) in [5.41, 5.74) is 0.0368. The Morgan fingerprint density at radius 2 is 1.44 bits per heavy atom. The fraction of sp³-hybridized carbons (Fsp3) is 0.615. The van der Waals surface area contributed by atoms with Crippen LogP contribution in [0.15, 0.2) is 42.5 Å². The quantitative estimate of drug-likeness (QED) is 0.532. The summed E-state index contributed by atoms with van der Waals surface area (Å²) in [5, 5.41) is 0. The Balaban J connectivity index is 1.78. The van der Waals surface area contributed by atoms with E-state index >= 15 is 0 Å². The van der Waals surface area contributed by atoms with Gasteiger partial charge in [-0.05, 0) is 72.8 Å². The minimum absolute atomic E-state index is 0.0129. The van der Waals surface area contributed by atoms with Gasteiger partial charge in [-0.25, -0.2) is 9.59 Å². The third-order valence-corrected chi connectivity index (χ3v) is 5.70. The van der Waals surface area contributed by atoms with E-state index < -0.39 is 11.2 Å². The van der Waals surface area contributed by atoms with Gasteiger partial charge in [-0.15, -0.1) is 0 Å². The third kappa shape index (κ3) is 6.27. The lowest BCUT2D eigenvalue weighted by molar-refractivity contribution is 0.0172. The first-order valence-corrected chi connectivity index (χ1v) is 11.7. The summed E-state index contributed by atoms with van der Waals surface area (Å²) in [7, 11) is 0. The van der Waals surface area contributed by atoms with E-state index in [1.54, 1.807) is 4.90 Å². The van der Waals surface area contributed by atoms with Gasteiger partial charge in [0.15, 0.2) is 0 Å². The van der Waals surface area contributed by atoms with Crippen LogP contribution in [0.4, 0.5) is 9.59 Å². The zero-order valence-corrected chi connectivity index (χ0v) is 20.3. The molecule has 32 heavy (non-hydrogen) atoms. The van der Waals surface area contributed by atoms with Crippen molar-refractivity contribution in [3.8, 4) is 0 Å². The number of carbonyl (C=O) groups excluding carboxylic acids is 2. The van der Waals surface area contributed by atoms with E-state index in [1.807, 2.05) is 64.6 Å². The summed E-state index contributed by atoms with van der Waals surface area (Å²) in [5.74, 6) is 0. The molecule has 3 atom stereocenters. The van der Waals surface area contributed by atoms with Gasteiger partial charge < -0.3 is 14.4 Å². The second-order valence-electron chi connectivity index (χ2n) is 10.7. The molecule has 6 heteroatoms. The first kappa shape index (κ1) is 24.1. The van der Waals surface area contributed by atoms with Crippen molar-refractivity contribution in [3.05, 3.63) is 48.0 Å². The molecule has 1 aromatic rings. The molecule has 0 radical (unpaired) electrons. The van der Waals surface area contributed by atoms with Crippen molar-refractivity contribution in [1.29, 1.82) is 0 Å². The summed E-state index contributed by atoms with van der Waals surface area (Å²) in [6.07, 6.45) is 7.16. The molecule has 2 fully saturated rings. The molecule has 3 rings (SSSR count). The second-order valence-corrected chi connectivity index (χ2v) is 10.7. The maximum Gasteiger partial charge on any atom is 0.411 e. The van der Waals surface area contributed by atoms with E-state index in [0.717, 1.165) is 31.2 Å². The van der Waals surface area contributed by atoms with Crippen LogP contribution in [0.1, 0.15) is 78.8 Å². The van der Waals surface area contributed by atoms with Crippen molar-refractivity contribution < 1.29 is 19.1 Å². The minimum Gasteiger partial charge on any atom is -0.444 e. The van der Waals surface area contributed by atoms with E-state index in [0.29, 0.717) is 6.54 Å². The number of hydrogen-bond donors (Lipinski definition) is 0. The predicted octanol–water partition coefficient (Wildman–Crippen LogP) is 6.08. The van der Waals surface area contributed by atoms with Crippen molar-refractivity contribution in [1.82, 2.24) is 9.80 Å². The molecule has 176 valence electrons. The summed E-state index contributed by atoms with van der Waals surface area (Å²) in [6.45, 7) is 12.0. The number of nitrogens with zero attached hydrogens (tertiary/aromatic N) is 2. The monoisotopic (exact) mass is 442 g/mol. The van der Waals surface area contributed by atoms with Crippen molar-refractivity contribution >= 4 is 12.2 Å². The van der Waals surface area contributed by atoms with Crippen LogP contribution in [0.3, 0.4) is 0 Å². The van der Waals surface area contributed by atoms with Crippen molar-refractivity contribution in [2.24, 2.45) is 0 Å². The fourth-order valence-electron chi connectivity index (χ4n) is 4.40. The number of hydrogen-bond acceptors (Lipinski definition) is 4. The van der Waals surface area contributed by atoms with Crippen LogP contribution in [0.5, 0.6) is 0 Å². The van der Waals surface area contributed by atoms with Gasteiger partial charge in [0, 0.05) is 6.54 Å². The molecule has 0 aromatic heterocycles. The van der Waals surface area contributed by atoms with Gasteiger partial charge in [0.2, 0.25) is 0 Å². The largest absolute Gasteiger partial charge is 0.444 e. The lowest BCUT2D eigenvalue weighted by Gasteiger charge is -2.32. The smallest absolute Gasteiger partial charge is 0.411 e. The third-order valence-electron chi connectivity index (χ3n) is 5.70. The Hall–Kier alpha value is -2.50. The minimum atomic E-state index is -0.561. The Morgan fingerprint density at radius 1 is 0.844 bits per heavy atom. The Labute approximate surface area is 192 Å². The number of benzene rings is 1. The fourth-order valence-corrected chi connectivity index (χ4v) is 4.40. The van der Waals surface area contributed by atoms with Crippen LogP contribution in [0.2, 0.25) is 0 Å². The molecule has 0 aliphatic carbocycles. The van der Waals surface area contributed by atoms with Gasteiger partial charge >= 0.3 is 12.2 Å². The highest BCUT2D eigenvalue weighted by Crippen LogP contribution is 2.38. The number of rotatable bonds is 3. The average Bonchev–Trinajstić information content (AvgIpc) is 3.31. The molecule has 1 aromatic carbocycles. The first-order valence-electron chi connectivity index (χ1n) is 11.7. The Bertz CT molecular complexity index is 822. The lowest BCUT2D eigenvalue weighted by Crippen LogP contribution is -2.41. The maximum atomic E-state index is 13.2. The molecule has 2 saturated heterocycles. The molecule has 3 unspecified atom stereocenters. The van der Waals surface area contributed by atoms with E-state index in [-0.39, 0.29) is 30.3 Å². The number of carbonyl (C=O) groups is 2. The molecule has 0 saturated carbocycles. The van der Waals surface area contributed by atoms with Crippen LogP contribution >= 0.6 is 0 Å². The summed E-state index contributed by atoms with van der Waals surface area (Å²) < 4.78 is 11.3. The molecule has 2 aliphatic rings. The Morgan fingerprint density at radius 3 is 2.06 bits per heavy atom. The summed E-state index contributed by atoms with van der Waals surface area (Å²) >= 11 is 0. The van der Waals surface area contributed by atoms with Crippen LogP contribution in [-0.4, -0.2) is 51.8 Å². The zero-order chi connectivity index (χ0) is 23.5. The van der Waals surface area contributed by atoms with Crippen LogP contribution in [-0.2, 0) is 9.47 Å². The molecular weight excluding hydrogens is 404 g/mol. The highest BCUT2D eigenvalue weighted by Gasteiger charge is 2.39. The van der Waals surface area contributed by atoms with E-state index in [9.17, 15) is 9.59 Å². The van der Waals surface area contributed by atoms with Gasteiger partial charge in [0.25, 0.3) is 0 Å². The number of amides is 2. The van der Waals surface area contributed by atoms with E-state index in [2.05, 4.69) is 24.3 Å². The van der Waals surface area contributed by atoms with Crippen LogP contribution in [0.25, 0.3) is 0 Å². The van der Waals surface area contributed by atoms with Gasteiger partial charge in [0.05, 0.1) is 18.1 Å². The molecule has 2 amide bonds. The van der Waals surface area contributed by atoms with Gasteiger partial charge in [-0.3, -0.25) is 4.90 Å². The van der Waals surface area contributed by atoms with Crippen LogP contribution < -0.4 is 0 Å². The van der Waals surface area contributed by atoms with Crippen molar-refractivity contribution in [3.63, 3.8) is 0 Å². The maximum absolute atomic E-state index is 13.2. The van der Waals surface area contributed by atoms with Gasteiger partial charge in [0.1, 0.15) is 11.2 Å². The van der Waals surface area contributed by atoms with Gasteiger partial charge in [-0.2, -0.15) is 0 Å². The number of ether oxygens (including phenoxy) is 2. The summed E-state index contributed by atoms with van der Waals surface area (Å²) in [6, 6.07) is 10.0. The molecule has 0 N–H and O–H groups in total. The summed E-state index contributed by atoms with van der Waals surface area (Å²) in [4.78, 5) is 29.4. The van der Waals surface area contributed by atoms with E-state index in [1.165, 1.54) is 0 Å². The SMILES string of the molecule is CC(C)(C)OC(=O)N1CCCC1/C=C/C1CCC(c2ccccc2)N1C(=O)OC(C)(C)C. The molecule has 2 aliphatic heterocycles. The topological polar surface area (TPSA) is 59.1 Å². The molecule has 2 heterocycles. The predicted molar refractivity (Wildman–Crippen MR) is 125 cm³/mol. The zero-order valence-electron chi connectivity index (χ0n) is 20.3. The highest BCUT2D eigenvalue weighted by molar-refractivity contribution is 5.70. The number of likely N-dealkylation sites (tertiary alicyclic amines) is 2. The molecule has 0 spiro atoms. The van der Waals surface area contributed by atoms with E-state index in [4.69, 9.17) is 9.47 Å². The van der Waals surface area contributed by atoms with Crippen LogP contribution in [0, 0.1) is 0 Å². The lowest BCUT2D eigenvalue weighted by atomic mass is 10.1. The molecule has 0 bridgehead atoms. The normalized spacial score (nSPS) is 24.2. The standard InChI is InChI=1S/C26H38N2O4/c1-25(2,3)31-23(29)27-18-10-13-20(27)14-15-21-16-17-22(19-11-8-7-9-12-19)28(21)24(30)32-26(4,5)6/h7-9,11-12,14-15,20-22H,10,13,16-18H2,1-6H3/b15-14+. The van der Waals surface area contributed by atoms with Gasteiger partial charge in [-0.1, -0.05) is 42.5 Å². The average molecular weight is 443 g/mol. The highest BCUT2D eigenvalue weighted by atomic mass is 16.6. The Kier molecular flexibility index (Phi) is 7.21.